The number of benzene rings is 1. The molecule has 3 heterocycles. The highest BCUT2D eigenvalue weighted by Gasteiger charge is 2.39. The zero-order valence-corrected chi connectivity index (χ0v) is 22.5. The van der Waals surface area contributed by atoms with Gasteiger partial charge in [-0.15, -0.1) is 0 Å². The van der Waals surface area contributed by atoms with Crippen LogP contribution >= 0.6 is 0 Å². The summed E-state index contributed by atoms with van der Waals surface area (Å²) in [5.74, 6) is 0.750. The highest BCUT2D eigenvalue weighted by molar-refractivity contribution is 7.90. The van der Waals surface area contributed by atoms with Crippen molar-refractivity contribution in [2.75, 3.05) is 17.2 Å². The molecule has 1 aliphatic rings. The Labute approximate surface area is 219 Å². The summed E-state index contributed by atoms with van der Waals surface area (Å²) in [6.45, 7) is 10.9. The van der Waals surface area contributed by atoms with Gasteiger partial charge in [0.05, 0.1) is 11.7 Å². The van der Waals surface area contributed by atoms with Gasteiger partial charge >= 0.3 is 0 Å². The lowest BCUT2D eigenvalue weighted by molar-refractivity contribution is 0.0981. The molecule has 3 aromatic rings. The van der Waals surface area contributed by atoms with Crippen LogP contribution in [0.1, 0.15) is 52.8 Å². The van der Waals surface area contributed by atoms with Crippen LogP contribution in [-0.4, -0.2) is 42.5 Å². The lowest BCUT2D eigenvalue weighted by Crippen LogP contribution is -2.41. The van der Waals surface area contributed by atoms with Crippen LogP contribution in [0.4, 0.5) is 11.6 Å². The number of nitrogens with two attached hydrogens (primary N) is 1. The monoisotopic (exact) mass is 525 g/mol. The lowest BCUT2D eigenvalue weighted by Gasteiger charge is -2.33. The van der Waals surface area contributed by atoms with Crippen molar-refractivity contribution in [3.05, 3.63) is 60.3 Å². The van der Waals surface area contributed by atoms with Crippen molar-refractivity contribution in [3.63, 3.8) is 0 Å². The molecule has 4 rings (SSSR count). The first-order chi connectivity index (χ1) is 17.4. The molecule has 1 atom stereocenters. The normalized spacial score (nSPS) is 17.1. The predicted octanol–water partition coefficient (Wildman–Crippen LogP) is 4.50. The summed E-state index contributed by atoms with van der Waals surface area (Å²) in [6.07, 6.45) is 2.62. The Morgan fingerprint density at radius 1 is 1.19 bits per heavy atom. The maximum absolute atomic E-state index is 13.5. The van der Waals surface area contributed by atoms with Gasteiger partial charge in [-0.3, -0.25) is 4.79 Å². The molecule has 0 aliphatic carbocycles. The van der Waals surface area contributed by atoms with E-state index >= 15 is 0 Å². The number of hydrogen-bond donors (Lipinski definition) is 2. The number of hydrogen-bond acceptors (Lipinski definition) is 8. The van der Waals surface area contributed by atoms with E-state index in [1.807, 2.05) is 38.1 Å². The van der Waals surface area contributed by atoms with E-state index in [2.05, 4.69) is 40.4 Å². The minimum absolute atomic E-state index is 0. The molecule has 1 amide bonds. The molecule has 37 heavy (non-hydrogen) atoms. The minimum atomic E-state index is -4.26. The van der Waals surface area contributed by atoms with Crippen LogP contribution in [0.5, 0.6) is 5.75 Å². The van der Waals surface area contributed by atoms with Crippen LogP contribution in [0.2, 0.25) is 0 Å². The molecule has 1 unspecified atom stereocenters. The van der Waals surface area contributed by atoms with Gasteiger partial charge in [0, 0.05) is 25.3 Å². The van der Waals surface area contributed by atoms with Crippen molar-refractivity contribution in [3.8, 4) is 16.9 Å². The standard InChI is InChI=1S/C27H33N5O4S.H2/c1-17(2)36-21-9-6-8-19(12-21)20-13-22(25(29-15-20)32-16-18(3)14-27(32,4)5)26(33)31-37(34,35)24-11-7-10-23(28)30-24;/h6-13,15,17-18H,14,16H2,1-5H3,(H2,28,30)(H,31,33);1H. The van der Waals surface area contributed by atoms with E-state index < -0.39 is 15.9 Å². The molecule has 1 fully saturated rings. The smallest absolute Gasteiger partial charge is 0.281 e. The number of nitrogens with zero attached hydrogens (tertiary/aromatic N) is 3. The molecule has 198 valence electrons. The minimum Gasteiger partial charge on any atom is -0.491 e. The molecule has 2 aromatic heterocycles. The van der Waals surface area contributed by atoms with Crippen molar-refractivity contribution in [1.29, 1.82) is 0 Å². The molecule has 10 heteroatoms. The third kappa shape index (κ3) is 5.85. The number of amides is 1. The van der Waals surface area contributed by atoms with Crippen LogP contribution < -0.4 is 20.1 Å². The van der Waals surface area contributed by atoms with Gasteiger partial charge < -0.3 is 15.4 Å². The third-order valence-electron chi connectivity index (χ3n) is 6.23. The average molecular weight is 526 g/mol. The quantitative estimate of drug-likeness (QED) is 0.461. The number of aromatic nitrogens is 2. The maximum Gasteiger partial charge on any atom is 0.281 e. The average Bonchev–Trinajstić information content (AvgIpc) is 3.09. The van der Waals surface area contributed by atoms with E-state index in [9.17, 15) is 13.2 Å². The summed E-state index contributed by atoms with van der Waals surface area (Å²) in [6, 6.07) is 13.4. The Kier molecular flexibility index (Phi) is 7.14. The highest BCUT2D eigenvalue weighted by Crippen LogP contribution is 2.38. The number of pyridine rings is 2. The first-order valence-electron chi connectivity index (χ1n) is 12.2. The third-order valence-corrected chi connectivity index (χ3v) is 7.46. The van der Waals surface area contributed by atoms with E-state index in [0.717, 1.165) is 12.0 Å². The number of rotatable bonds is 7. The van der Waals surface area contributed by atoms with Crippen molar-refractivity contribution >= 4 is 27.6 Å². The molecule has 1 saturated heterocycles. The molecular weight excluding hydrogens is 490 g/mol. The van der Waals surface area contributed by atoms with Crippen LogP contribution in [0, 0.1) is 5.92 Å². The molecule has 0 spiro atoms. The Bertz CT molecular complexity index is 1430. The number of anilines is 2. The molecule has 1 aliphatic heterocycles. The van der Waals surface area contributed by atoms with Crippen molar-refractivity contribution < 1.29 is 19.4 Å². The number of ether oxygens (including phenoxy) is 1. The Morgan fingerprint density at radius 3 is 2.57 bits per heavy atom. The fourth-order valence-corrected chi connectivity index (χ4v) is 5.73. The summed E-state index contributed by atoms with van der Waals surface area (Å²) in [5.41, 5.74) is 7.00. The molecular formula is C27H35N5O4S. The summed E-state index contributed by atoms with van der Waals surface area (Å²) in [5, 5.41) is -0.333. The van der Waals surface area contributed by atoms with Crippen LogP contribution in [0.3, 0.4) is 0 Å². The van der Waals surface area contributed by atoms with E-state index in [4.69, 9.17) is 10.5 Å². The molecule has 0 saturated carbocycles. The summed E-state index contributed by atoms with van der Waals surface area (Å²) in [7, 11) is -4.26. The van der Waals surface area contributed by atoms with Gasteiger partial charge in [0.15, 0.2) is 5.03 Å². The SMILES string of the molecule is CC1CN(c2ncc(-c3cccc(OC(C)C)c3)cc2C(=O)NS(=O)(=O)c2cccc(N)n2)C(C)(C)C1.[HH]. The van der Waals surface area contributed by atoms with Crippen molar-refractivity contribution in [1.82, 2.24) is 14.7 Å². The molecule has 3 N–H and O–H groups in total. The fourth-order valence-electron chi connectivity index (χ4n) is 4.79. The molecule has 9 nitrogen and oxygen atoms in total. The number of carbonyl (C=O) groups is 1. The van der Waals surface area contributed by atoms with Gasteiger partial charge in [-0.2, -0.15) is 8.42 Å². The van der Waals surface area contributed by atoms with E-state index in [1.54, 1.807) is 12.3 Å². The number of carbonyl (C=O) groups excluding carboxylic acids is 1. The van der Waals surface area contributed by atoms with Crippen LogP contribution in [0.25, 0.3) is 11.1 Å². The van der Waals surface area contributed by atoms with Gasteiger partial charge in [0.25, 0.3) is 15.9 Å². The number of nitrogen functional groups attached to an aromatic ring is 1. The van der Waals surface area contributed by atoms with E-state index in [0.29, 0.717) is 29.6 Å². The Morgan fingerprint density at radius 2 is 1.92 bits per heavy atom. The Hall–Kier alpha value is -3.66. The van der Waals surface area contributed by atoms with Gasteiger partial charge in [0.2, 0.25) is 0 Å². The van der Waals surface area contributed by atoms with Crippen LogP contribution in [-0.2, 0) is 10.0 Å². The summed E-state index contributed by atoms with van der Waals surface area (Å²) < 4.78 is 33.9. The second-order valence-electron chi connectivity index (χ2n) is 10.4. The fraction of sp³-hybridized carbons (Fsp3) is 0.370. The second-order valence-corrected chi connectivity index (χ2v) is 12.0. The predicted molar refractivity (Wildman–Crippen MR) is 146 cm³/mol. The topological polar surface area (TPSA) is 128 Å². The summed E-state index contributed by atoms with van der Waals surface area (Å²) in [4.78, 5) is 24.2. The first kappa shape index (κ1) is 26.4. The summed E-state index contributed by atoms with van der Waals surface area (Å²) >= 11 is 0. The number of nitrogens with one attached hydrogen (secondary N) is 1. The second kappa shape index (κ2) is 10.0. The number of sulfonamides is 1. The largest absolute Gasteiger partial charge is 0.491 e. The first-order valence-corrected chi connectivity index (χ1v) is 13.7. The maximum atomic E-state index is 13.5. The molecule has 0 bridgehead atoms. The van der Waals surface area contributed by atoms with Gasteiger partial charge in [-0.1, -0.05) is 25.1 Å². The molecule has 0 radical (unpaired) electrons. The van der Waals surface area contributed by atoms with E-state index in [1.165, 1.54) is 18.2 Å². The Balaban J connectivity index is 0.00000400. The van der Waals surface area contributed by atoms with Crippen molar-refractivity contribution in [2.24, 2.45) is 5.92 Å². The lowest BCUT2D eigenvalue weighted by atomic mass is 9.97. The van der Waals surface area contributed by atoms with Gasteiger partial charge in [-0.25, -0.2) is 14.7 Å². The highest BCUT2D eigenvalue weighted by atomic mass is 32.2. The van der Waals surface area contributed by atoms with Crippen molar-refractivity contribution in [2.45, 2.75) is 57.7 Å². The van der Waals surface area contributed by atoms with Crippen LogP contribution in [0.15, 0.2) is 59.8 Å². The van der Waals surface area contributed by atoms with Gasteiger partial charge in [0.1, 0.15) is 17.4 Å². The zero-order valence-electron chi connectivity index (χ0n) is 21.7. The van der Waals surface area contributed by atoms with Gasteiger partial charge in [-0.05, 0) is 75.9 Å². The molecule has 1 aromatic carbocycles. The van der Waals surface area contributed by atoms with E-state index in [-0.39, 0.29) is 29.5 Å². The zero-order chi connectivity index (χ0) is 27.0.